The first-order valence-corrected chi connectivity index (χ1v) is 11.2. The number of fused-ring (bicyclic) bond motifs is 4. The van der Waals surface area contributed by atoms with Gasteiger partial charge in [0.05, 0.1) is 37.1 Å². The summed E-state index contributed by atoms with van der Waals surface area (Å²) in [5.41, 5.74) is 2.49. The molecule has 2 saturated heterocycles. The van der Waals surface area contributed by atoms with Gasteiger partial charge in [-0.05, 0) is 30.2 Å². The molecule has 1 aromatic carbocycles. The maximum absolute atomic E-state index is 15.2. The molecular formula is C24H22FN5O4. The number of ether oxygens (including phenoxy) is 2. The number of amides is 2. The number of hydrogen-bond acceptors (Lipinski definition) is 7. The first-order chi connectivity index (χ1) is 16.5. The number of nitrogens with one attached hydrogen (secondary N) is 2. The standard InChI is InChI=1S/C24H22FN5O4/c1-33-22(31)29-10-20-19-5-13-4-14(17(25)6-18(13)30(19)23(32)34-20)12-2-3-21(28-7-12)24(11-26)15-8-27-9-16(15)24/h2-4,6-7,15-16,19-20,27H,5,8-10H2,1H3,(H,29,31)/t15-,16+,19-,20-,24?/m0/s1. The summed E-state index contributed by atoms with van der Waals surface area (Å²) in [4.78, 5) is 29.9. The van der Waals surface area contributed by atoms with Crippen molar-refractivity contribution in [3.63, 3.8) is 0 Å². The van der Waals surface area contributed by atoms with Gasteiger partial charge in [-0.25, -0.2) is 14.0 Å². The number of aromatic nitrogens is 1. The highest BCUT2D eigenvalue weighted by Crippen LogP contribution is 2.60. The molecule has 2 N–H and O–H groups in total. The topological polar surface area (TPSA) is 117 Å². The zero-order valence-electron chi connectivity index (χ0n) is 18.4. The quantitative estimate of drug-likeness (QED) is 0.713. The van der Waals surface area contributed by atoms with E-state index in [1.165, 1.54) is 18.1 Å². The van der Waals surface area contributed by atoms with E-state index in [1.807, 2.05) is 6.07 Å². The van der Waals surface area contributed by atoms with Crippen molar-refractivity contribution < 1.29 is 23.5 Å². The molecule has 34 heavy (non-hydrogen) atoms. The normalized spacial score (nSPS) is 30.1. The molecule has 6 rings (SSSR count). The Bertz CT molecular complexity index is 1230. The smallest absolute Gasteiger partial charge is 0.415 e. The molecule has 1 aliphatic carbocycles. The lowest BCUT2D eigenvalue weighted by atomic mass is 9.95. The summed E-state index contributed by atoms with van der Waals surface area (Å²) in [6.07, 6.45) is 0.347. The molecule has 2 amide bonds. The highest BCUT2D eigenvalue weighted by Gasteiger charge is 2.69. The van der Waals surface area contributed by atoms with Crippen LogP contribution in [0, 0.1) is 29.0 Å². The van der Waals surface area contributed by atoms with Crippen LogP contribution in [0.5, 0.6) is 0 Å². The number of piperidine rings is 1. The molecule has 1 aromatic heterocycles. The monoisotopic (exact) mass is 463 g/mol. The second-order valence-electron chi connectivity index (χ2n) is 9.18. The van der Waals surface area contributed by atoms with E-state index in [1.54, 1.807) is 18.3 Å². The highest BCUT2D eigenvalue weighted by molar-refractivity contribution is 5.94. The van der Waals surface area contributed by atoms with Crippen molar-refractivity contribution in [2.75, 3.05) is 31.6 Å². The number of hydrogen-bond donors (Lipinski definition) is 2. The third-order valence-corrected chi connectivity index (χ3v) is 7.66. The summed E-state index contributed by atoms with van der Waals surface area (Å²) in [6.45, 7) is 1.74. The van der Waals surface area contributed by atoms with Crippen LogP contribution in [0.1, 0.15) is 11.3 Å². The number of nitriles is 1. The van der Waals surface area contributed by atoms with Gasteiger partial charge < -0.3 is 20.1 Å². The van der Waals surface area contributed by atoms with Gasteiger partial charge in [0.25, 0.3) is 0 Å². The summed E-state index contributed by atoms with van der Waals surface area (Å²) in [5.74, 6) is 0.0882. The fourth-order valence-corrected chi connectivity index (χ4v) is 5.88. The van der Waals surface area contributed by atoms with E-state index >= 15 is 4.39 Å². The molecule has 0 bridgehead atoms. The second-order valence-corrected chi connectivity index (χ2v) is 9.18. The number of rotatable bonds is 4. The van der Waals surface area contributed by atoms with E-state index in [9.17, 15) is 14.9 Å². The molecule has 0 spiro atoms. The number of carbonyl (C=O) groups is 2. The zero-order chi connectivity index (χ0) is 23.6. The second kappa shape index (κ2) is 7.40. The van der Waals surface area contributed by atoms with Crippen molar-refractivity contribution in [3.05, 3.63) is 47.5 Å². The maximum atomic E-state index is 15.2. The van der Waals surface area contributed by atoms with Gasteiger partial charge in [-0.2, -0.15) is 5.26 Å². The molecule has 5 atom stereocenters. The minimum atomic E-state index is -0.612. The van der Waals surface area contributed by atoms with Crippen LogP contribution < -0.4 is 15.5 Å². The number of anilines is 1. The van der Waals surface area contributed by atoms with Gasteiger partial charge in [-0.15, -0.1) is 0 Å². The third kappa shape index (κ3) is 2.83. The Balaban J connectivity index is 1.26. The minimum Gasteiger partial charge on any atom is -0.453 e. The first kappa shape index (κ1) is 20.9. The van der Waals surface area contributed by atoms with E-state index in [0.717, 1.165) is 24.3 Å². The molecule has 3 fully saturated rings. The number of cyclic esters (lactones) is 1. The highest BCUT2D eigenvalue weighted by atomic mass is 19.1. The molecule has 10 heteroatoms. The Morgan fingerprint density at radius 2 is 2.21 bits per heavy atom. The third-order valence-electron chi connectivity index (χ3n) is 7.66. The molecule has 4 aliphatic rings. The fraction of sp³-hybridized carbons (Fsp3) is 0.417. The van der Waals surface area contributed by atoms with Crippen LogP contribution in [0.25, 0.3) is 11.1 Å². The summed E-state index contributed by atoms with van der Waals surface area (Å²) in [7, 11) is 1.26. The van der Waals surface area contributed by atoms with Gasteiger partial charge in [0.1, 0.15) is 17.3 Å². The summed E-state index contributed by atoms with van der Waals surface area (Å²) in [5, 5.41) is 15.7. The van der Waals surface area contributed by atoms with Crippen LogP contribution in [0.4, 0.5) is 19.7 Å². The van der Waals surface area contributed by atoms with E-state index in [-0.39, 0.29) is 24.4 Å². The van der Waals surface area contributed by atoms with Crippen molar-refractivity contribution in [2.24, 2.45) is 11.8 Å². The summed E-state index contributed by atoms with van der Waals surface area (Å²) >= 11 is 0. The molecule has 9 nitrogen and oxygen atoms in total. The SMILES string of the molecule is COC(=O)NC[C@@H]1OC(=O)N2c3cc(F)c(-c4ccc(C5(C#N)[C@@H]6CNC[C@@H]65)nc4)cc3C[C@@H]12. The lowest BCUT2D eigenvalue weighted by molar-refractivity contribution is 0.123. The lowest BCUT2D eigenvalue weighted by Crippen LogP contribution is -2.40. The van der Waals surface area contributed by atoms with Gasteiger partial charge in [-0.1, -0.05) is 6.07 Å². The van der Waals surface area contributed by atoms with Crippen LogP contribution in [-0.2, 0) is 21.3 Å². The maximum Gasteiger partial charge on any atom is 0.415 e. The van der Waals surface area contributed by atoms with E-state index in [4.69, 9.17) is 4.74 Å². The molecule has 4 heterocycles. The lowest BCUT2D eigenvalue weighted by Gasteiger charge is -2.16. The average Bonchev–Trinajstić information content (AvgIpc) is 3.23. The Morgan fingerprint density at radius 1 is 1.41 bits per heavy atom. The van der Waals surface area contributed by atoms with E-state index in [2.05, 4.69) is 26.4 Å². The molecule has 1 unspecified atom stereocenters. The summed E-state index contributed by atoms with van der Waals surface area (Å²) in [6, 6.07) is 8.86. The first-order valence-electron chi connectivity index (χ1n) is 11.2. The van der Waals surface area contributed by atoms with Crippen molar-refractivity contribution in [3.8, 4) is 17.2 Å². The zero-order valence-corrected chi connectivity index (χ0v) is 18.4. The predicted octanol–water partition coefficient (Wildman–Crippen LogP) is 2.10. The molecular weight excluding hydrogens is 441 g/mol. The van der Waals surface area contributed by atoms with Gasteiger partial charge in [-0.3, -0.25) is 9.88 Å². The molecule has 2 aromatic rings. The van der Waals surface area contributed by atoms with Crippen LogP contribution in [0.3, 0.4) is 0 Å². The van der Waals surface area contributed by atoms with E-state index < -0.39 is 29.5 Å². The van der Waals surface area contributed by atoms with Crippen LogP contribution in [0.2, 0.25) is 0 Å². The summed E-state index contributed by atoms with van der Waals surface area (Å²) < 4.78 is 25.1. The molecule has 1 saturated carbocycles. The Hall–Kier alpha value is -3.71. The van der Waals surface area contributed by atoms with Crippen LogP contribution >= 0.6 is 0 Å². The van der Waals surface area contributed by atoms with Crippen LogP contribution in [0.15, 0.2) is 30.5 Å². The van der Waals surface area contributed by atoms with Gasteiger partial charge in [0, 0.05) is 42.2 Å². The van der Waals surface area contributed by atoms with Crippen molar-refractivity contribution >= 4 is 17.9 Å². The molecule has 174 valence electrons. The number of pyridine rings is 1. The molecule has 3 aliphatic heterocycles. The van der Waals surface area contributed by atoms with Gasteiger partial charge in [0.2, 0.25) is 0 Å². The Kier molecular flexibility index (Phi) is 4.54. The van der Waals surface area contributed by atoms with Gasteiger partial charge in [0.15, 0.2) is 0 Å². The number of alkyl carbamates (subject to hydrolysis) is 1. The number of halogens is 1. The van der Waals surface area contributed by atoms with Crippen molar-refractivity contribution in [1.29, 1.82) is 5.26 Å². The number of carbonyl (C=O) groups excluding carboxylic acids is 2. The number of nitrogens with zero attached hydrogens (tertiary/aromatic N) is 3. The minimum absolute atomic E-state index is 0.104. The Labute approximate surface area is 194 Å². The number of benzene rings is 1. The fourth-order valence-electron chi connectivity index (χ4n) is 5.88. The van der Waals surface area contributed by atoms with E-state index in [0.29, 0.717) is 23.2 Å². The Morgan fingerprint density at radius 3 is 2.88 bits per heavy atom. The van der Waals surface area contributed by atoms with Crippen molar-refractivity contribution in [1.82, 2.24) is 15.6 Å². The predicted molar refractivity (Wildman–Crippen MR) is 117 cm³/mol. The van der Waals surface area contributed by atoms with Crippen molar-refractivity contribution in [2.45, 2.75) is 24.0 Å². The number of methoxy groups -OCH3 is 1. The van der Waals surface area contributed by atoms with Crippen LogP contribution in [-0.4, -0.2) is 56.1 Å². The molecule has 0 radical (unpaired) electrons. The largest absolute Gasteiger partial charge is 0.453 e. The van der Waals surface area contributed by atoms with Gasteiger partial charge >= 0.3 is 12.2 Å². The average molecular weight is 463 g/mol.